The van der Waals surface area contributed by atoms with Gasteiger partial charge in [0.1, 0.15) is 0 Å². The summed E-state index contributed by atoms with van der Waals surface area (Å²) in [6, 6.07) is 28.6. The van der Waals surface area contributed by atoms with E-state index >= 15 is 0 Å². The molecule has 2 bridgehead atoms. The Morgan fingerprint density at radius 1 is 0.880 bits per heavy atom. The number of thioether (sulfide) groups is 1. The van der Waals surface area contributed by atoms with Crippen LogP contribution in [0.4, 0.5) is 11.4 Å². The molecule has 4 aromatic carbocycles. The lowest BCUT2D eigenvalue weighted by atomic mass is 9.68. The van der Waals surface area contributed by atoms with Gasteiger partial charge in [0.2, 0.25) is 11.8 Å². The minimum absolute atomic E-state index is 0.00718. The van der Waals surface area contributed by atoms with E-state index < -0.39 is 0 Å². The number of rotatable bonds is 8. The number of nitrogens with one attached hydrogen (secondary N) is 2. The first-order valence-corrected chi connectivity index (χ1v) is 18.6. The van der Waals surface area contributed by atoms with E-state index in [0.29, 0.717) is 29.5 Å². The van der Waals surface area contributed by atoms with Gasteiger partial charge in [-0.2, -0.15) is 0 Å². The van der Waals surface area contributed by atoms with Gasteiger partial charge in [-0.15, -0.1) is 11.8 Å². The molecule has 1 saturated heterocycles. The summed E-state index contributed by atoms with van der Waals surface area (Å²) in [6.45, 7) is 2.07. The molecule has 4 aliphatic rings. The Kier molecular flexibility index (Phi) is 7.58. The molecule has 9 nitrogen and oxygen atoms in total. The van der Waals surface area contributed by atoms with Crippen LogP contribution in [0, 0.1) is 29.6 Å². The molecular formula is C39H33N3O6S2. The van der Waals surface area contributed by atoms with Crippen molar-refractivity contribution in [3.8, 4) is 11.5 Å². The molecule has 2 saturated carbocycles. The van der Waals surface area contributed by atoms with Crippen molar-refractivity contribution in [2.45, 2.75) is 29.5 Å². The van der Waals surface area contributed by atoms with Crippen molar-refractivity contribution in [3.05, 3.63) is 111 Å². The summed E-state index contributed by atoms with van der Waals surface area (Å²) in [7, 11) is 0. The van der Waals surface area contributed by atoms with E-state index in [4.69, 9.17) is 9.47 Å². The molecule has 3 amide bonds. The summed E-state index contributed by atoms with van der Waals surface area (Å²) in [5.74, 6) is -0.422. The van der Waals surface area contributed by atoms with E-state index in [2.05, 4.69) is 10.3 Å². The number of hydrogen-bond donors (Lipinski definition) is 2. The summed E-state index contributed by atoms with van der Waals surface area (Å²) in [5, 5.41) is 5.86. The van der Waals surface area contributed by atoms with Gasteiger partial charge in [-0.05, 0) is 72.4 Å². The number of carbonyl (C=O) groups excluding carboxylic acids is 3. The number of fused-ring (bicyclic) bond motifs is 10. The number of thiazole rings is 1. The van der Waals surface area contributed by atoms with Crippen LogP contribution in [0.5, 0.6) is 11.5 Å². The predicted molar refractivity (Wildman–Crippen MR) is 193 cm³/mol. The average molecular weight is 704 g/mol. The molecule has 3 heterocycles. The SMILES string of the molecule is CCOc1cc([C@H]2c3sc(=O)[nH]c3SC3C4CC(C5C(=O)N(c6ccccc6)C(=O)C45)C32)ccc1OCC(=O)Nc1cccc2ccccc12. The maximum Gasteiger partial charge on any atom is 0.305 e. The Morgan fingerprint density at radius 3 is 2.46 bits per heavy atom. The number of carbonyl (C=O) groups is 3. The second-order valence-electron chi connectivity index (χ2n) is 13.3. The summed E-state index contributed by atoms with van der Waals surface area (Å²) in [6.07, 6.45) is 0.804. The predicted octanol–water partition coefficient (Wildman–Crippen LogP) is 6.68. The average Bonchev–Trinajstić information content (AvgIpc) is 3.87. The van der Waals surface area contributed by atoms with Crippen LogP contribution in [0.15, 0.2) is 101 Å². The first-order valence-electron chi connectivity index (χ1n) is 16.9. The van der Waals surface area contributed by atoms with E-state index in [1.165, 1.54) is 16.2 Å². The highest BCUT2D eigenvalue weighted by Gasteiger charge is 2.69. The van der Waals surface area contributed by atoms with Crippen LogP contribution in [0.1, 0.15) is 29.7 Å². The van der Waals surface area contributed by atoms with Crippen molar-refractivity contribution < 1.29 is 23.9 Å². The van der Waals surface area contributed by atoms with Crippen LogP contribution >= 0.6 is 23.1 Å². The third-order valence-electron chi connectivity index (χ3n) is 10.8. The summed E-state index contributed by atoms with van der Waals surface area (Å²) < 4.78 is 12.1. The van der Waals surface area contributed by atoms with Crippen molar-refractivity contribution in [3.63, 3.8) is 0 Å². The van der Waals surface area contributed by atoms with Gasteiger partial charge in [0, 0.05) is 27.1 Å². The maximum atomic E-state index is 14.0. The lowest BCUT2D eigenvalue weighted by Gasteiger charge is -2.43. The molecule has 0 radical (unpaired) electrons. The molecule has 2 aliphatic heterocycles. The smallest absolute Gasteiger partial charge is 0.305 e. The molecule has 50 heavy (non-hydrogen) atoms. The quantitative estimate of drug-likeness (QED) is 0.173. The number of anilines is 2. The van der Waals surface area contributed by atoms with Crippen LogP contribution < -0.4 is 24.6 Å². The minimum atomic E-state index is -0.386. The number of ether oxygens (including phenoxy) is 2. The van der Waals surface area contributed by atoms with Crippen LogP contribution in [0.25, 0.3) is 10.8 Å². The fourth-order valence-corrected chi connectivity index (χ4v) is 11.9. The van der Waals surface area contributed by atoms with E-state index in [0.717, 1.165) is 32.7 Å². The van der Waals surface area contributed by atoms with Crippen LogP contribution in [-0.4, -0.2) is 41.2 Å². The number of hydrogen-bond acceptors (Lipinski definition) is 8. The Labute approximate surface area is 296 Å². The molecule has 2 N–H and O–H groups in total. The molecule has 1 aromatic heterocycles. The van der Waals surface area contributed by atoms with Crippen molar-refractivity contribution in [1.29, 1.82) is 0 Å². The Morgan fingerprint density at radius 2 is 1.64 bits per heavy atom. The monoisotopic (exact) mass is 703 g/mol. The van der Waals surface area contributed by atoms with Crippen LogP contribution in [-0.2, 0) is 14.4 Å². The topological polar surface area (TPSA) is 118 Å². The molecule has 11 heteroatoms. The molecule has 6 unspecified atom stereocenters. The lowest BCUT2D eigenvalue weighted by Crippen LogP contribution is -2.42. The zero-order chi connectivity index (χ0) is 34.1. The van der Waals surface area contributed by atoms with E-state index in [1.807, 2.05) is 97.9 Å². The van der Waals surface area contributed by atoms with E-state index in [9.17, 15) is 19.2 Å². The van der Waals surface area contributed by atoms with Gasteiger partial charge in [-0.25, -0.2) is 0 Å². The number of aromatic nitrogens is 1. The highest BCUT2D eigenvalue weighted by Crippen LogP contribution is 2.68. The molecule has 2 aliphatic carbocycles. The molecular weight excluding hydrogens is 671 g/mol. The molecule has 0 spiro atoms. The normalized spacial score (nSPS) is 26.1. The standard InChI is InChI=1S/C39H33N3O6S2/c1-2-47-28-17-21(15-16-27(28)48-19-29(43)40-26-14-8-10-20-9-6-7-13-23(20)26)30-31-24-18-25(34(31)49-36-35(30)50-39(46)41-36)33-32(24)37(44)42(38(33)45)22-11-4-3-5-12-22/h3-17,24-25,30-34H,2,18-19H2,1H3,(H,40,43)(H,41,46)/t24?,25?,30-,31?,32?,33?,34?/m1/s1. The molecule has 252 valence electrons. The zero-order valence-electron chi connectivity index (χ0n) is 27.0. The largest absolute Gasteiger partial charge is 0.490 e. The third-order valence-corrected chi connectivity index (χ3v) is 13.4. The van der Waals surface area contributed by atoms with Crippen molar-refractivity contribution in [2.24, 2.45) is 29.6 Å². The highest BCUT2D eigenvalue weighted by atomic mass is 32.2. The van der Waals surface area contributed by atoms with Gasteiger partial charge in [0.25, 0.3) is 5.91 Å². The van der Waals surface area contributed by atoms with Crippen molar-refractivity contribution >= 4 is 63.0 Å². The fourth-order valence-electron chi connectivity index (χ4n) is 8.99. The van der Waals surface area contributed by atoms with Gasteiger partial charge in [-0.3, -0.25) is 24.1 Å². The number of nitrogens with zero attached hydrogens (tertiary/aromatic N) is 1. The summed E-state index contributed by atoms with van der Waals surface area (Å²) in [4.78, 5) is 59.0. The Hall–Kier alpha value is -4.87. The number of para-hydroxylation sites is 1. The first-order chi connectivity index (χ1) is 24.4. The second kappa shape index (κ2) is 12.2. The highest BCUT2D eigenvalue weighted by molar-refractivity contribution is 8.00. The number of aromatic amines is 1. The molecule has 5 aromatic rings. The van der Waals surface area contributed by atoms with Crippen molar-refractivity contribution in [2.75, 3.05) is 23.4 Å². The minimum Gasteiger partial charge on any atom is -0.490 e. The van der Waals surface area contributed by atoms with Gasteiger partial charge in [0.15, 0.2) is 18.1 Å². The van der Waals surface area contributed by atoms with Gasteiger partial charge < -0.3 is 19.8 Å². The lowest BCUT2D eigenvalue weighted by molar-refractivity contribution is -0.123. The van der Waals surface area contributed by atoms with Crippen molar-refractivity contribution in [1.82, 2.24) is 4.98 Å². The molecule has 9 rings (SSSR count). The third kappa shape index (κ3) is 4.89. The van der Waals surface area contributed by atoms with E-state index in [1.54, 1.807) is 11.8 Å². The number of amides is 3. The van der Waals surface area contributed by atoms with Gasteiger partial charge in [-0.1, -0.05) is 72.0 Å². The Balaban J connectivity index is 1.01. The fraction of sp³-hybridized carbons (Fsp3) is 0.282. The number of imide groups is 1. The summed E-state index contributed by atoms with van der Waals surface area (Å²) in [5.41, 5.74) is 2.29. The van der Waals surface area contributed by atoms with Crippen LogP contribution in [0.3, 0.4) is 0 Å². The number of H-pyrrole nitrogens is 1. The van der Waals surface area contributed by atoms with Crippen LogP contribution in [0.2, 0.25) is 0 Å². The number of benzene rings is 4. The Bertz CT molecular complexity index is 2230. The summed E-state index contributed by atoms with van der Waals surface area (Å²) >= 11 is 2.88. The molecule has 7 atom stereocenters. The second-order valence-corrected chi connectivity index (χ2v) is 15.5. The molecule has 3 fully saturated rings. The van der Waals surface area contributed by atoms with E-state index in [-0.39, 0.29) is 70.0 Å². The van der Waals surface area contributed by atoms with Gasteiger partial charge in [0.05, 0.1) is 29.2 Å². The zero-order valence-corrected chi connectivity index (χ0v) is 28.7. The first kappa shape index (κ1) is 31.1. The van der Waals surface area contributed by atoms with Gasteiger partial charge >= 0.3 is 4.87 Å². The maximum absolute atomic E-state index is 14.0.